The first-order chi connectivity index (χ1) is 9.59. The molecular formula is C13H21N3O3S. The fraction of sp³-hybridized carbons (Fsp3) is 0.615. The molecule has 0 aliphatic carbocycles. The minimum atomic E-state index is -0.749. The highest BCUT2D eigenvalue weighted by atomic mass is 32.1. The average Bonchev–Trinajstić information content (AvgIpc) is 2.80. The Bertz CT molecular complexity index is 434. The smallest absolute Gasteiger partial charge is 0.315 e. The molecule has 0 fully saturated rings. The van der Waals surface area contributed by atoms with Crippen LogP contribution in [-0.2, 0) is 11.3 Å². The van der Waals surface area contributed by atoms with E-state index in [1.165, 1.54) is 11.3 Å². The molecular weight excluding hydrogens is 278 g/mol. The minimum Gasteiger partial charge on any atom is -0.481 e. The van der Waals surface area contributed by atoms with Crippen LogP contribution in [0.1, 0.15) is 42.7 Å². The molecule has 0 aliphatic rings. The number of hydrogen-bond acceptors (Lipinski definition) is 4. The molecule has 3 N–H and O–H groups in total. The SMILES string of the molecule is Cc1ncsc1CNC(=O)NCCCCCCC(=O)O. The predicted octanol–water partition coefficient (Wildman–Crippen LogP) is 2.29. The van der Waals surface area contributed by atoms with Gasteiger partial charge in [0.1, 0.15) is 0 Å². The van der Waals surface area contributed by atoms with Crippen LogP contribution in [0.4, 0.5) is 4.79 Å². The van der Waals surface area contributed by atoms with Crippen LogP contribution < -0.4 is 10.6 Å². The van der Waals surface area contributed by atoms with E-state index in [1.807, 2.05) is 6.92 Å². The van der Waals surface area contributed by atoms with Crippen molar-refractivity contribution in [2.75, 3.05) is 6.54 Å². The first-order valence-corrected chi connectivity index (χ1v) is 7.60. The van der Waals surface area contributed by atoms with Crippen molar-refractivity contribution in [2.45, 2.75) is 45.6 Å². The minimum absolute atomic E-state index is 0.177. The molecule has 0 radical (unpaired) electrons. The number of nitrogens with one attached hydrogen (secondary N) is 2. The first kappa shape index (κ1) is 16.4. The molecule has 0 saturated carbocycles. The summed E-state index contributed by atoms with van der Waals surface area (Å²) in [6.07, 6.45) is 3.61. The zero-order valence-electron chi connectivity index (χ0n) is 11.6. The van der Waals surface area contributed by atoms with Crippen LogP contribution in [0.15, 0.2) is 5.51 Å². The van der Waals surface area contributed by atoms with E-state index in [0.29, 0.717) is 19.5 Å². The highest BCUT2D eigenvalue weighted by molar-refractivity contribution is 7.09. The molecule has 1 aromatic heterocycles. The number of amides is 2. The fourth-order valence-corrected chi connectivity index (χ4v) is 2.39. The second-order valence-corrected chi connectivity index (χ2v) is 5.47. The third kappa shape index (κ3) is 7.08. The van der Waals surface area contributed by atoms with Crippen molar-refractivity contribution in [3.05, 3.63) is 16.1 Å². The number of thiazole rings is 1. The van der Waals surface area contributed by atoms with Crippen LogP contribution in [0.2, 0.25) is 0 Å². The summed E-state index contributed by atoms with van der Waals surface area (Å²) in [5.41, 5.74) is 2.72. The number of aryl methyl sites for hydroxylation is 1. The van der Waals surface area contributed by atoms with Crippen molar-refractivity contribution < 1.29 is 14.7 Å². The van der Waals surface area contributed by atoms with Gasteiger partial charge in [0.15, 0.2) is 0 Å². The molecule has 112 valence electrons. The number of urea groups is 1. The lowest BCUT2D eigenvalue weighted by atomic mass is 10.1. The third-order valence-electron chi connectivity index (χ3n) is 2.86. The van der Waals surface area contributed by atoms with Crippen LogP contribution in [0.25, 0.3) is 0 Å². The summed E-state index contributed by atoms with van der Waals surface area (Å²) in [4.78, 5) is 27.0. The Morgan fingerprint density at radius 2 is 2.00 bits per heavy atom. The van der Waals surface area contributed by atoms with Gasteiger partial charge in [-0.1, -0.05) is 12.8 Å². The quantitative estimate of drug-likeness (QED) is 0.610. The molecule has 0 bridgehead atoms. The number of nitrogens with zero attached hydrogens (tertiary/aromatic N) is 1. The van der Waals surface area contributed by atoms with E-state index >= 15 is 0 Å². The van der Waals surface area contributed by atoms with Gasteiger partial charge in [0.25, 0.3) is 0 Å². The molecule has 2 amide bonds. The number of carboxylic acids is 1. The van der Waals surface area contributed by atoms with Gasteiger partial charge >= 0.3 is 12.0 Å². The Morgan fingerprint density at radius 1 is 1.25 bits per heavy atom. The van der Waals surface area contributed by atoms with Gasteiger partial charge < -0.3 is 15.7 Å². The molecule has 20 heavy (non-hydrogen) atoms. The Labute approximate surface area is 122 Å². The molecule has 0 aromatic carbocycles. The zero-order valence-corrected chi connectivity index (χ0v) is 12.5. The number of aliphatic carboxylic acids is 1. The summed E-state index contributed by atoms with van der Waals surface area (Å²) < 4.78 is 0. The van der Waals surface area contributed by atoms with E-state index in [1.54, 1.807) is 5.51 Å². The molecule has 1 heterocycles. The molecule has 7 heteroatoms. The maximum atomic E-state index is 11.5. The molecule has 0 atom stereocenters. The fourth-order valence-electron chi connectivity index (χ4n) is 1.68. The summed E-state index contributed by atoms with van der Waals surface area (Å²) in [5.74, 6) is -0.749. The van der Waals surface area contributed by atoms with Gasteiger partial charge in [-0.2, -0.15) is 0 Å². The maximum absolute atomic E-state index is 11.5. The van der Waals surface area contributed by atoms with E-state index in [9.17, 15) is 9.59 Å². The van der Waals surface area contributed by atoms with Crippen molar-refractivity contribution in [3.63, 3.8) is 0 Å². The normalized spacial score (nSPS) is 10.2. The number of carboxylic acid groups (broad SMARTS) is 1. The Morgan fingerprint density at radius 3 is 2.65 bits per heavy atom. The van der Waals surface area contributed by atoms with Gasteiger partial charge in [-0.15, -0.1) is 11.3 Å². The van der Waals surface area contributed by atoms with Crippen LogP contribution in [0.5, 0.6) is 0 Å². The molecule has 1 rings (SSSR count). The van der Waals surface area contributed by atoms with Crippen LogP contribution in [0, 0.1) is 6.92 Å². The second kappa shape index (κ2) is 9.30. The Kier molecular flexibility index (Phi) is 7.64. The third-order valence-corrected chi connectivity index (χ3v) is 3.79. The molecule has 0 aliphatic heterocycles. The van der Waals surface area contributed by atoms with Crippen LogP contribution in [-0.4, -0.2) is 28.6 Å². The van der Waals surface area contributed by atoms with E-state index in [0.717, 1.165) is 29.8 Å². The number of rotatable bonds is 9. The Hall–Kier alpha value is -1.63. The summed E-state index contributed by atoms with van der Waals surface area (Å²) in [6.45, 7) is 3.03. The van der Waals surface area contributed by atoms with Gasteiger partial charge in [-0.05, 0) is 19.8 Å². The maximum Gasteiger partial charge on any atom is 0.315 e. The van der Waals surface area contributed by atoms with Gasteiger partial charge in [-0.25, -0.2) is 9.78 Å². The van der Waals surface area contributed by atoms with E-state index in [4.69, 9.17) is 5.11 Å². The molecule has 0 saturated heterocycles. The lowest BCUT2D eigenvalue weighted by molar-refractivity contribution is -0.137. The largest absolute Gasteiger partial charge is 0.481 e. The van der Waals surface area contributed by atoms with Gasteiger partial charge in [0, 0.05) is 17.8 Å². The van der Waals surface area contributed by atoms with Crippen molar-refractivity contribution in [3.8, 4) is 0 Å². The number of hydrogen-bond donors (Lipinski definition) is 3. The number of carbonyl (C=O) groups excluding carboxylic acids is 1. The summed E-state index contributed by atoms with van der Waals surface area (Å²) in [5, 5.41) is 14.0. The van der Waals surface area contributed by atoms with Crippen LogP contribution >= 0.6 is 11.3 Å². The van der Waals surface area contributed by atoms with Gasteiger partial charge in [0.05, 0.1) is 17.7 Å². The van der Waals surface area contributed by atoms with Gasteiger partial charge in [-0.3, -0.25) is 4.79 Å². The zero-order chi connectivity index (χ0) is 14.8. The Balaban J connectivity index is 1.98. The highest BCUT2D eigenvalue weighted by Crippen LogP contribution is 2.10. The summed E-state index contributed by atoms with van der Waals surface area (Å²) in [7, 11) is 0. The molecule has 1 aromatic rings. The van der Waals surface area contributed by atoms with E-state index < -0.39 is 5.97 Å². The van der Waals surface area contributed by atoms with Crippen molar-refractivity contribution in [1.29, 1.82) is 0 Å². The van der Waals surface area contributed by atoms with Crippen molar-refractivity contribution >= 4 is 23.3 Å². The van der Waals surface area contributed by atoms with Crippen LogP contribution in [0.3, 0.4) is 0 Å². The van der Waals surface area contributed by atoms with E-state index in [-0.39, 0.29) is 12.5 Å². The lowest BCUT2D eigenvalue weighted by Crippen LogP contribution is -2.35. The lowest BCUT2D eigenvalue weighted by Gasteiger charge is -2.06. The topological polar surface area (TPSA) is 91.3 Å². The standard InChI is InChI=1S/C13H21N3O3S/c1-10-11(20-9-16-10)8-15-13(19)14-7-5-3-2-4-6-12(17)18/h9H,2-8H2,1H3,(H,17,18)(H2,14,15,19). The molecule has 0 spiro atoms. The molecule has 0 unspecified atom stereocenters. The van der Waals surface area contributed by atoms with Crippen molar-refractivity contribution in [2.24, 2.45) is 0 Å². The van der Waals surface area contributed by atoms with Gasteiger partial charge in [0.2, 0.25) is 0 Å². The van der Waals surface area contributed by atoms with E-state index in [2.05, 4.69) is 15.6 Å². The number of aromatic nitrogens is 1. The predicted molar refractivity (Wildman–Crippen MR) is 77.8 cm³/mol. The monoisotopic (exact) mass is 299 g/mol. The highest BCUT2D eigenvalue weighted by Gasteiger charge is 2.04. The first-order valence-electron chi connectivity index (χ1n) is 6.72. The summed E-state index contributed by atoms with van der Waals surface area (Å²) >= 11 is 1.53. The number of unbranched alkanes of at least 4 members (excludes halogenated alkanes) is 3. The molecule has 6 nitrogen and oxygen atoms in total. The number of carbonyl (C=O) groups is 2. The van der Waals surface area contributed by atoms with Crippen molar-refractivity contribution in [1.82, 2.24) is 15.6 Å². The summed E-state index contributed by atoms with van der Waals surface area (Å²) in [6, 6.07) is -0.177. The second-order valence-electron chi connectivity index (χ2n) is 4.53. The average molecular weight is 299 g/mol.